The lowest BCUT2D eigenvalue weighted by atomic mass is 10.1. The molecule has 1 aromatic carbocycles. The highest BCUT2D eigenvalue weighted by atomic mass is 32.1. The molecule has 122 valence electrons. The molecule has 0 fully saturated rings. The van der Waals surface area contributed by atoms with E-state index in [0.717, 1.165) is 5.56 Å². The van der Waals surface area contributed by atoms with Gasteiger partial charge < -0.3 is 15.5 Å². The van der Waals surface area contributed by atoms with Crippen LogP contribution in [-0.4, -0.2) is 43.9 Å². The number of hydrogen-bond acceptors (Lipinski definition) is 4. The van der Waals surface area contributed by atoms with E-state index in [-0.39, 0.29) is 24.4 Å². The third-order valence-electron chi connectivity index (χ3n) is 3.49. The summed E-state index contributed by atoms with van der Waals surface area (Å²) in [5.41, 5.74) is 1.72. The number of thiophene rings is 1. The molecule has 2 rings (SSSR count). The Hall–Kier alpha value is -2.18. The van der Waals surface area contributed by atoms with Crippen LogP contribution in [0.2, 0.25) is 0 Å². The van der Waals surface area contributed by atoms with Gasteiger partial charge in [0, 0.05) is 17.5 Å². The average Bonchev–Trinajstić information content (AvgIpc) is 3.08. The minimum atomic E-state index is -0.228. The van der Waals surface area contributed by atoms with Crippen LogP contribution in [0, 0.1) is 0 Å². The van der Waals surface area contributed by atoms with Gasteiger partial charge in [-0.3, -0.25) is 9.59 Å². The van der Waals surface area contributed by atoms with Crippen molar-refractivity contribution < 1.29 is 9.59 Å². The summed E-state index contributed by atoms with van der Waals surface area (Å²) in [5, 5.41) is 9.07. The molecule has 2 N–H and O–H groups in total. The molecule has 0 aliphatic heterocycles. The van der Waals surface area contributed by atoms with Gasteiger partial charge in [-0.05, 0) is 31.1 Å². The Morgan fingerprint density at radius 1 is 1.13 bits per heavy atom. The fourth-order valence-electron chi connectivity index (χ4n) is 2.20. The second-order valence-electron chi connectivity index (χ2n) is 5.39. The van der Waals surface area contributed by atoms with Gasteiger partial charge in [0.15, 0.2) is 0 Å². The second kappa shape index (κ2) is 8.45. The number of carbonyl (C=O) groups excluding carboxylic acids is 2. The number of nitrogens with one attached hydrogen (secondary N) is 2. The van der Waals surface area contributed by atoms with Gasteiger partial charge in [0.05, 0.1) is 12.6 Å². The van der Waals surface area contributed by atoms with E-state index in [2.05, 4.69) is 15.5 Å². The van der Waals surface area contributed by atoms with Gasteiger partial charge in [0.2, 0.25) is 5.91 Å². The Labute approximate surface area is 140 Å². The number of nitrogens with zero attached hydrogens (tertiary/aromatic N) is 1. The molecular weight excluding hydrogens is 310 g/mol. The van der Waals surface area contributed by atoms with Crippen LogP contribution in [0.15, 0.2) is 47.2 Å². The molecule has 0 aliphatic carbocycles. The van der Waals surface area contributed by atoms with E-state index in [0.29, 0.717) is 12.1 Å². The first-order valence-electron chi connectivity index (χ1n) is 7.36. The van der Waals surface area contributed by atoms with Gasteiger partial charge in [-0.2, -0.15) is 11.3 Å². The van der Waals surface area contributed by atoms with Crippen molar-refractivity contribution in [3.05, 3.63) is 58.3 Å². The molecule has 5 nitrogen and oxygen atoms in total. The Morgan fingerprint density at radius 2 is 1.87 bits per heavy atom. The molecule has 0 spiro atoms. The highest BCUT2D eigenvalue weighted by molar-refractivity contribution is 7.08. The maximum absolute atomic E-state index is 11.9. The lowest BCUT2D eigenvalue weighted by molar-refractivity contribution is -0.120. The molecular formula is C17H21N3O2S. The Kier molecular flexibility index (Phi) is 6.31. The Bertz CT molecular complexity index is 627. The fraction of sp³-hybridized carbons (Fsp3) is 0.294. The molecule has 0 saturated heterocycles. The van der Waals surface area contributed by atoms with Crippen molar-refractivity contribution >= 4 is 23.2 Å². The van der Waals surface area contributed by atoms with E-state index in [9.17, 15) is 9.59 Å². The van der Waals surface area contributed by atoms with Gasteiger partial charge >= 0.3 is 0 Å². The zero-order chi connectivity index (χ0) is 16.7. The number of likely N-dealkylation sites (N-methyl/N-ethyl adjacent to an activating group) is 1. The largest absolute Gasteiger partial charge is 0.353 e. The first-order valence-corrected chi connectivity index (χ1v) is 8.30. The van der Waals surface area contributed by atoms with E-state index >= 15 is 0 Å². The third kappa shape index (κ3) is 5.19. The number of hydrogen-bond donors (Lipinski definition) is 2. The zero-order valence-corrected chi connectivity index (χ0v) is 14.1. The van der Waals surface area contributed by atoms with Crippen LogP contribution in [-0.2, 0) is 4.79 Å². The molecule has 0 bridgehead atoms. The standard InChI is InChI=1S/C17H21N3O2S/c1-20(2)15(13-6-4-3-5-7-13)10-18-16(21)11-19-17(22)14-8-9-23-12-14/h3-9,12,15H,10-11H2,1-2H3,(H,18,21)(H,19,22)/t15-/m0/s1. The molecule has 2 aromatic rings. The van der Waals surface area contributed by atoms with E-state index in [4.69, 9.17) is 0 Å². The normalized spacial score (nSPS) is 12.0. The first-order chi connectivity index (χ1) is 11.1. The molecule has 23 heavy (non-hydrogen) atoms. The molecule has 2 amide bonds. The Balaban J connectivity index is 1.81. The molecule has 0 saturated carbocycles. The van der Waals surface area contributed by atoms with E-state index < -0.39 is 0 Å². The average molecular weight is 331 g/mol. The topological polar surface area (TPSA) is 61.4 Å². The van der Waals surface area contributed by atoms with Gasteiger partial charge in [0.1, 0.15) is 0 Å². The smallest absolute Gasteiger partial charge is 0.252 e. The van der Waals surface area contributed by atoms with Crippen molar-refractivity contribution in [1.82, 2.24) is 15.5 Å². The van der Waals surface area contributed by atoms with Gasteiger partial charge in [-0.1, -0.05) is 30.3 Å². The van der Waals surface area contributed by atoms with Crippen LogP contribution in [0.5, 0.6) is 0 Å². The highest BCUT2D eigenvalue weighted by Crippen LogP contribution is 2.16. The van der Waals surface area contributed by atoms with Gasteiger partial charge in [0.25, 0.3) is 5.91 Å². The second-order valence-corrected chi connectivity index (χ2v) is 6.17. The summed E-state index contributed by atoms with van der Waals surface area (Å²) >= 11 is 1.45. The maximum Gasteiger partial charge on any atom is 0.252 e. The molecule has 0 radical (unpaired) electrons. The van der Waals surface area contributed by atoms with E-state index in [1.54, 1.807) is 11.4 Å². The highest BCUT2D eigenvalue weighted by Gasteiger charge is 2.15. The monoisotopic (exact) mass is 331 g/mol. The minimum absolute atomic E-state index is 0.0242. The predicted molar refractivity (Wildman–Crippen MR) is 92.5 cm³/mol. The quantitative estimate of drug-likeness (QED) is 0.814. The molecule has 1 aromatic heterocycles. The molecule has 6 heteroatoms. The summed E-state index contributed by atoms with van der Waals surface area (Å²) in [7, 11) is 3.95. The van der Waals surface area contributed by atoms with Crippen LogP contribution in [0.4, 0.5) is 0 Å². The summed E-state index contributed by atoms with van der Waals surface area (Å²) in [4.78, 5) is 25.8. The molecule has 0 aliphatic rings. The third-order valence-corrected chi connectivity index (χ3v) is 4.18. The van der Waals surface area contributed by atoms with Crippen LogP contribution in [0.25, 0.3) is 0 Å². The van der Waals surface area contributed by atoms with E-state index in [1.807, 2.05) is 49.8 Å². The van der Waals surface area contributed by atoms with Gasteiger partial charge in [-0.25, -0.2) is 0 Å². The zero-order valence-electron chi connectivity index (χ0n) is 13.3. The SMILES string of the molecule is CN(C)[C@@H](CNC(=O)CNC(=O)c1ccsc1)c1ccccc1. The van der Waals surface area contributed by atoms with Gasteiger partial charge in [-0.15, -0.1) is 0 Å². The summed E-state index contributed by atoms with van der Waals surface area (Å²) in [6, 6.07) is 11.8. The predicted octanol–water partition coefficient (Wildman–Crippen LogP) is 1.90. The van der Waals surface area contributed by atoms with E-state index in [1.165, 1.54) is 11.3 Å². The fourth-order valence-corrected chi connectivity index (χ4v) is 2.84. The molecule has 1 atom stereocenters. The van der Waals surface area contributed by atoms with Crippen molar-refractivity contribution in [2.75, 3.05) is 27.2 Å². The van der Waals surface area contributed by atoms with Crippen molar-refractivity contribution in [3.63, 3.8) is 0 Å². The summed E-state index contributed by atoms with van der Waals surface area (Å²) in [5.74, 6) is -0.426. The minimum Gasteiger partial charge on any atom is -0.353 e. The number of amides is 2. The van der Waals surface area contributed by atoms with Crippen LogP contribution in [0.1, 0.15) is 22.0 Å². The molecule has 1 heterocycles. The molecule has 0 unspecified atom stereocenters. The van der Waals surface area contributed by atoms with Crippen LogP contribution < -0.4 is 10.6 Å². The van der Waals surface area contributed by atoms with Crippen LogP contribution in [0.3, 0.4) is 0 Å². The van der Waals surface area contributed by atoms with Crippen molar-refractivity contribution in [1.29, 1.82) is 0 Å². The summed E-state index contributed by atoms with van der Waals surface area (Å²) in [6.45, 7) is 0.466. The van der Waals surface area contributed by atoms with Crippen molar-refractivity contribution in [2.45, 2.75) is 6.04 Å². The van der Waals surface area contributed by atoms with Crippen molar-refractivity contribution in [2.24, 2.45) is 0 Å². The number of benzene rings is 1. The lowest BCUT2D eigenvalue weighted by Gasteiger charge is -2.25. The Morgan fingerprint density at radius 3 is 2.48 bits per heavy atom. The summed E-state index contributed by atoms with van der Waals surface area (Å²) < 4.78 is 0. The first kappa shape index (κ1) is 17.2. The van der Waals surface area contributed by atoms with Crippen molar-refractivity contribution in [3.8, 4) is 0 Å². The van der Waals surface area contributed by atoms with Crippen LogP contribution >= 0.6 is 11.3 Å². The number of carbonyl (C=O) groups is 2. The summed E-state index contributed by atoms with van der Waals surface area (Å²) in [6.07, 6.45) is 0. The maximum atomic E-state index is 11.9. The number of rotatable bonds is 7. The lowest BCUT2D eigenvalue weighted by Crippen LogP contribution is -2.40.